The number of aliphatic hydroxyl groups is 1. The number of likely N-dealkylation sites (tertiary alicyclic amines) is 1. The van der Waals surface area contributed by atoms with Crippen LogP contribution in [0.4, 0.5) is 11.8 Å². The van der Waals surface area contributed by atoms with Crippen molar-refractivity contribution in [2.24, 2.45) is 0 Å². The van der Waals surface area contributed by atoms with Crippen LogP contribution in [0.5, 0.6) is 5.75 Å². The van der Waals surface area contributed by atoms with E-state index in [9.17, 15) is 29.4 Å². The van der Waals surface area contributed by atoms with Gasteiger partial charge in [-0.2, -0.15) is 4.98 Å². The van der Waals surface area contributed by atoms with Crippen LogP contribution in [-0.4, -0.2) is 115 Å². The van der Waals surface area contributed by atoms with Crippen LogP contribution in [0.2, 0.25) is 0 Å². The summed E-state index contributed by atoms with van der Waals surface area (Å²) in [5, 5.41) is 23.0. The second-order valence-corrected chi connectivity index (χ2v) is 12.6. The molecule has 15 nitrogen and oxygen atoms in total. The number of amides is 3. The number of carboxylic acids is 1. The van der Waals surface area contributed by atoms with Gasteiger partial charge in [-0.05, 0) is 36.6 Å². The lowest BCUT2D eigenvalue weighted by molar-refractivity contribution is -0.155. The Hall–Kier alpha value is -4.76. The van der Waals surface area contributed by atoms with Crippen molar-refractivity contribution in [2.75, 3.05) is 50.9 Å². The first-order valence-electron chi connectivity index (χ1n) is 16.8. The van der Waals surface area contributed by atoms with Crippen LogP contribution in [0.3, 0.4) is 0 Å². The van der Waals surface area contributed by atoms with E-state index in [1.807, 2.05) is 29.0 Å². The number of nitrogens with zero attached hydrogens (tertiary/aromatic N) is 6. The lowest BCUT2D eigenvalue weighted by Crippen LogP contribution is -2.49. The number of hydrogen-bond donors (Lipinski definition) is 4. The Bertz CT molecular complexity index is 1650. The molecule has 0 aliphatic carbocycles. The molecule has 5 N–H and O–H groups in total. The van der Waals surface area contributed by atoms with Gasteiger partial charge >= 0.3 is 5.97 Å². The number of piperazine rings is 1. The lowest BCUT2D eigenvalue weighted by atomic mass is 10.1. The van der Waals surface area contributed by atoms with Crippen LogP contribution in [0.1, 0.15) is 63.0 Å². The van der Waals surface area contributed by atoms with E-state index in [0.717, 1.165) is 46.6 Å². The van der Waals surface area contributed by atoms with Crippen molar-refractivity contribution in [2.45, 2.75) is 77.0 Å². The third-order valence-corrected chi connectivity index (χ3v) is 9.23. The third kappa shape index (κ3) is 8.46. The molecule has 5 rings (SSSR count). The SMILES string of the molecule is CCCCC(CO)Nc1nc(N)nc2ccn(Cc3cc(CN4CCN(C(=O)CCC(C(=O)O)N5C(=O)CCC5=O)CC4)ccc3OC)c12. The summed E-state index contributed by atoms with van der Waals surface area (Å²) in [6.45, 7) is 5.47. The Morgan fingerprint density at radius 1 is 1.04 bits per heavy atom. The molecule has 2 saturated heterocycles. The molecule has 4 heterocycles. The molecule has 0 saturated carbocycles. The number of anilines is 2. The molecule has 2 unspecified atom stereocenters. The molecule has 3 aromatic rings. The standard InChI is InChI=1S/C34H46N8O7/c1-3-4-5-24(21-43)36-32-31-25(37-34(35)38-32)12-13-41(31)20-23-18-22(6-8-27(23)49-2)19-39-14-16-40(17-15-39)28(44)9-7-26(33(47)48)42-29(45)10-11-30(42)46/h6,8,12-13,18,24,26,43H,3-5,7,9-11,14-17,19-21H2,1-2H3,(H,47,48)(H3,35,36,37,38). The highest BCUT2D eigenvalue weighted by atomic mass is 16.5. The summed E-state index contributed by atoms with van der Waals surface area (Å²) in [6.07, 6.45) is 4.57. The number of methoxy groups -OCH3 is 1. The summed E-state index contributed by atoms with van der Waals surface area (Å²) in [5.74, 6) is -1.01. The second-order valence-electron chi connectivity index (χ2n) is 12.6. The van der Waals surface area contributed by atoms with Crippen LogP contribution in [-0.2, 0) is 32.3 Å². The highest BCUT2D eigenvalue weighted by Crippen LogP contribution is 2.28. The largest absolute Gasteiger partial charge is 0.496 e. The molecule has 1 aromatic carbocycles. The molecule has 2 aliphatic heterocycles. The Morgan fingerprint density at radius 2 is 1.78 bits per heavy atom. The Labute approximate surface area is 285 Å². The van der Waals surface area contributed by atoms with E-state index in [2.05, 4.69) is 33.2 Å². The summed E-state index contributed by atoms with van der Waals surface area (Å²) in [7, 11) is 1.64. The Balaban J connectivity index is 1.22. The van der Waals surface area contributed by atoms with Crippen molar-refractivity contribution >= 4 is 46.5 Å². The summed E-state index contributed by atoms with van der Waals surface area (Å²) < 4.78 is 7.76. The van der Waals surface area contributed by atoms with Crippen molar-refractivity contribution < 1.29 is 34.1 Å². The third-order valence-electron chi connectivity index (χ3n) is 9.23. The van der Waals surface area contributed by atoms with E-state index >= 15 is 0 Å². The van der Waals surface area contributed by atoms with Crippen molar-refractivity contribution in [3.63, 3.8) is 0 Å². The highest BCUT2D eigenvalue weighted by Gasteiger charge is 2.39. The minimum absolute atomic E-state index is 0.00535. The van der Waals surface area contributed by atoms with Gasteiger partial charge in [-0.15, -0.1) is 0 Å². The Kier molecular flexibility index (Phi) is 11.7. The van der Waals surface area contributed by atoms with E-state index in [-0.39, 0.29) is 50.2 Å². The van der Waals surface area contributed by atoms with Gasteiger partial charge in [-0.25, -0.2) is 9.78 Å². The molecule has 3 amide bonds. The number of aliphatic hydroxyl groups excluding tert-OH is 1. The second kappa shape index (κ2) is 16.1. The molecule has 49 heavy (non-hydrogen) atoms. The van der Waals surface area contributed by atoms with Crippen molar-refractivity contribution in [3.05, 3.63) is 41.6 Å². The van der Waals surface area contributed by atoms with Crippen molar-refractivity contribution in [1.82, 2.24) is 29.2 Å². The number of rotatable bonds is 16. The van der Waals surface area contributed by atoms with E-state index in [0.29, 0.717) is 50.6 Å². The summed E-state index contributed by atoms with van der Waals surface area (Å²) in [6, 6.07) is 6.49. The fourth-order valence-corrected chi connectivity index (χ4v) is 6.58. The maximum atomic E-state index is 13.0. The first-order valence-corrected chi connectivity index (χ1v) is 16.8. The number of carboxylic acid groups (broad SMARTS) is 1. The van der Waals surface area contributed by atoms with E-state index in [1.54, 1.807) is 12.0 Å². The van der Waals surface area contributed by atoms with Gasteiger partial charge in [0.1, 0.15) is 17.3 Å². The topological polar surface area (TPSA) is 196 Å². The summed E-state index contributed by atoms with van der Waals surface area (Å²) >= 11 is 0. The lowest BCUT2D eigenvalue weighted by Gasteiger charge is -2.35. The normalized spacial score (nSPS) is 16.7. The van der Waals surface area contributed by atoms with Gasteiger partial charge in [-0.1, -0.05) is 25.8 Å². The first-order chi connectivity index (χ1) is 23.6. The fourth-order valence-electron chi connectivity index (χ4n) is 6.58. The van der Waals surface area contributed by atoms with Gasteiger partial charge in [0.15, 0.2) is 5.82 Å². The number of nitrogens with one attached hydrogen (secondary N) is 1. The number of nitrogen functional groups attached to an aromatic ring is 1. The molecule has 2 atom stereocenters. The number of carbonyl (C=O) groups is 4. The Morgan fingerprint density at radius 3 is 2.43 bits per heavy atom. The number of aromatic nitrogens is 3. The van der Waals surface area contributed by atoms with Gasteiger partial charge in [-0.3, -0.25) is 24.2 Å². The quantitative estimate of drug-likeness (QED) is 0.161. The predicted octanol–water partition coefficient (Wildman–Crippen LogP) is 2.06. The number of unbranched alkanes of at least 4 members (excludes halogenated alkanes) is 1. The average Bonchev–Trinajstić information content (AvgIpc) is 3.64. The van der Waals surface area contributed by atoms with E-state index in [1.165, 1.54) is 0 Å². The number of nitrogens with two attached hydrogens (primary N) is 1. The smallest absolute Gasteiger partial charge is 0.326 e. The molecule has 15 heteroatoms. The molecule has 0 bridgehead atoms. The minimum atomic E-state index is -1.32. The van der Waals surface area contributed by atoms with Crippen molar-refractivity contribution in [1.29, 1.82) is 0 Å². The number of carbonyl (C=O) groups excluding carboxylic acids is 3. The molecule has 2 fully saturated rings. The molecule has 2 aliphatic rings. The molecule has 264 valence electrons. The van der Waals surface area contributed by atoms with Gasteiger partial charge in [0.05, 0.1) is 31.8 Å². The van der Waals surface area contributed by atoms with Crippen LogP contribution in [0.25, 0.3) is 11.0 Å². The average molecular weight is 679 g/mol. The number of hydrogen-bond acceptors (Lipinski definition) is 11. The van der Waals surface area contributed by atoms with Gasteiger partial charge in [0.2, 0.25) is 23.7 Å². The van der Waals surface area contributed by atoms with Crippen LogP contribution >= 0.6 is 0 Å². The predicted molar refractivity (Wildman–Crippen MR) is 182 cm³/mol. The zero-order valence-electron chi connectivity index (χ0n) is 28.1. The zero-order valence-corrected chi connectivity index (χ0v) is 28.1. The maximum Gasteiger partial charge on any atom is 0.326 e. The summed E-state index contributed by atoms with van der Waals surface area (Å²) in [5.41, 5.74) is 9.55. The molecular formula is C34H46N8O7. The maximum absolute atomic E-state index is 13.0. The van der Waals surface area contributed by atoms with Gasteiger partial charge in [0.25, 0.3) is 0 Å². The van der Waals surface area contributed by atoms with Crippen LogP contribution in [0, 0.1) is 0 Å². The molecule has 2 aromatic heterocycles. The summed E-state index contributed by atoms with van der Waals surface area (Å²) in [4.78, 5) is 62.6. The molecular weight excluding hydrogens is 632 g/mol. The zero-order chi connectivity index (χ0) is 35.1. The van der Waals surface area contributed by atoms with Crippen LogP contribution < -0.4 is 15.8 Å². The van der Waals surface area contributed by atoms with Gasteiger partial charge < -0.3 is 35.5 Å². The van der Waals surface area contributed by atoms with Gasteiger partial charge in [0, 0.05) is 63.7 Å². The van der Waals surface area contributed by atoms with Crippen LogP contribution in [0.15, 0.2) is 30.5 Å². The number of benzene rings is 1. The van der Waals surface area contributed by atoms with E-state index in [4.69, 9.17) is 10.5 Å². The number of fused-ring (bicyclic) bond motifs is 1. The molecule has 0 spiro atoms. The number of aliphatic carboxylic acids is 1. The molecule has 0 radical (unpaired) electrons. The fraction of sp³-hybridized carbons (Fsp3) is 0.529. The minimum Gasteiger partial charge on any atom is -0.496 e. The monoisotopic (exact) mass is 678 g/mol. The number of ether oxygens (including phenoxy) is 1. The van der Waals surface area contributed by atoms with Crippen molar-refractivity contribution in [3.8, 4) is 5.75 Å². The number of imide groups is 1. The highest BCUT2D eigenvalue weighted by molar-refractivity contribution is 6.05. The van der Waals surface area contributed by atoms with E-state index < -0.39 is 23.8 Å². The first kappa shape index (κ1) is 35.5.